The summed E-state index contributed by atoms with van der Waals surface area (Å²) in [5.41, 5.74) is 3.24. The van der Waals surface area contributed by atoms with Crippen molar-refractivity contribution in [3.05, 3.63) is 59.7 Å². The van der Waals surface area contributed by atoms with Crippen LogP contribution < -0.4 is 0 Å². The lowest BCUT2D eigenvalue weighted by Gasteiger charge is -2.35. The molecular formula is C24H22O. The Hall–Kier alpha value is -1.86. The minimum absolute atomic E-state index is 0.00776. The van der Waals surface area contributed by atoms with Gasteiger partial charge in [0, 0.05) is 0 Å². The fourth-order valence-electron chi connectivity index (χ4n) is 7.51. The topological polar surface area (TPSA) is 20.2 Å². The molecule has 3 fully saturated rings. The highest BCUT2D eigenvalue weighted by molar-refractivity contribution is 5.99. The van der Waals surface area contributed by atoms with E-state index in [0.717, 1.165) is 11.8 Å². The van der Waals surface area contributed by atoms with Gasteiger partial charge in [0.05, 0.1) is 6.10 Å². The maximum atomic E-state index is 10.7. The summed E-state index contributed by atoms with van der Waals surface area (Å²) in [5, 5.41) is 16.2. The van der Waals surface area contributed by atoms with Crippen LogP contribution in [0, 0.1) is 23.7 Å². The maximum absolute atomic E-state index is 10.7. The zero-order valence-electron chi connectivity index (χ0n) is 14.2. The Balaban J connectivity index is 1.45. The summed E-state index contributed by atoms with van der Waals surface area (Å²) < 4.78 is 0. The van der Waals surface area contributed by atoms with Crippen LogP contribution >= 0.6 is 0 Å². The molecule has 3 aromatic rings. The highest BCUT2D eigenvalue weighted by Gasteiger charge is 2.64. The predicted octanol–water partition coefficient (Wildman–Crippen LogP) is 5.21. The fourth-order valence-corrected chi connectivity index (χ4v) is 7.51. The normalized spacial score (nSPS) is 40.1. The van der Waals surface area contributed by atoms with Crippen LogP contribution in [0.5, 0.6) is 0 Å². The Bertz CT molecular complexity index is 969. The van der Waals surface area contributed by atoms with Crippen molar-refractivity contribution in [2.45, 2.75) is 37.2 Å². The summed E-state index contributed by atoms with van der Waals surface area (Å²) in [4.78, 5) is 0. The Morgan fingerprint density at radius 3 is 1.72 bits per heavy atom. The molecule has 124 valence electrons. The molecule has 3 unspecified atom stereocenters. The number of benzene rings is 3. The third kappa shape index (κ3) is 1.47. The van der Waals surface area contributed by atoms with Gasteiger partial charge in [-0.3, -0.25) is 0 Å². The molecule has 25 heavy (non-hydrogen) atoms. The molecule has 0 radical (unpaired) electrons. The average Bonchev–Trinajstić information content (AvgIpc) is 3.36. The lowest BCUT2D eigenvalue weighted by atomic mass is 9.68. The van der Waals surface area contributed by atoms with E-state index in [0.29, 0.717) is 23.7 Å². The standard InChI is InChI=1S/C24H22O/c25-24-16-5-6-17(24)23-21-11-20(22(16)23)18-9-14-7-12-3-1-2-4-13(12)8-15(14)10-19(18)21/h1-4,7-10,16-17,20-25H,5-6,11H2/t16-,17+,20-,21+,22?,23?,24?. The van der Waals surface area contributed by atoms with Gasteiger partial charge in [0.1, 0.15) is 0 Å². The molecule has 3 saturated carbocycles. The van der Waals surface area contributed by atoms with E-state index in [4.69, 9.17) is 0 Å². The molecule has 1 heteroatoms. The van der Waals surface area contributed by atoms with Crippen LogP contribution in [0.1, 0.15) is 42.2 Å². The lowest BCUT2D eigenvalue weighted by Crippen LogP contribution is -2.27. The van der Waals surface area contributed by atoms with Gasteiger partial charge in [-0.1, -0.05) is 36.4 Å². The number of rotatable bonds is 0. The van der Waals surface area contributed by atoms with Gasteiger partial charge in [0.15, 0.2) is 0 Å². The summed E-state index contributed by atoms with van der Waals surface area (Å²) in [6, 6.07) is 18.4. The summed E-state index contributed by atoms with van der Waals surface area (Å²) in [6.45, 7) is 0. The quantitative estimate of drug-likeness (QED) is 0.444. The fraction of sp³-hybridized carbons (Fsp3) is 0.417. The highest BCUT2D eigenvalue weighted by Crippen LogP contribution is 2.71. The molecule has 4 aliphatic rings. The Kier molecular flexibility index (Phi) is 2.28. The number of aliphatic hydroxyl groups is 1. The first kappa shape index (κ1) is 13.4. The van der Waals surface area contributed by atoms with Crippen molar-refractivity contribution in [3.8, 4) is 0 Å². The van der Waals surface area contributed by atoms with E-state index < -0.39 is 0 Å². The molecule has 0 aromatic heterocycles. The van der Waals surface area contributed by atoms with E-state index in [1.54, 1.807) is 11.1 Å². The minimum atomic E-state index is -0.00776. The SMILES string of the molecule is OC1[C@H]2CC[C@@H]1C1C2[C@H]2C[C@@H]1c1cc3cc4ccccc4cc3cc12. The second-order valence-electron chi connectivity index (χ2n) is 9.03. The highest BCUT2D eigenvalue weighted by atomic mass is 16.3. The molecule has 1 nitrogen and oxygen atoms in total. The first-order chi connectivity index (χ1) is 12.3. The predicted molar refractivity (Wildman–Crippen MR) is 101 cm³/mol. The molecule has 7 rings (SSSR count). The molecular weight excluding hydrogens is 304 g/mol. The van der Waals surface area contributed by atoms with Crippen molar-refractivity contribution in [2.75, 3.05) is 0 Å². The first-order valence-corrected chi connectivity index (χ1v) is 9.94. The number of aliphatic hydroxyl groups excluding tert-OH is 1. The smallest absolute Gasteiger partial charge is 0.0602 e. The van der Waals surface area contributed by atoms with Crippen molar-refractivity contribution < 1.29 is 5.11 Å². The first-order valence-electron chi connectivity index (χ1n) is 9.94. The average molecular weight is 326 g/mol. The molecule has 4 bridgehead atoms. The second-order valence-corrected chi connectivity index (χ2v) is 9.03. The maximum Gasteiger partial charge on any atom is 0.0602 e. The molecule has 1 N–H and O–H groups in total. The van der Waals surface area contributed by atoms with E-state index in [9.17, 15) is 5.11 Å². The van der Waals surface area contributed by atoms with Crippen molar-refractivity contribution in [1.29, 1.82) is 0 Å². The second kappa shape index (κ2) is 4.27. The Labute approximate surface area is 147 Å². The molecule has 0 spiro atoms. The summed E-state index contributed by atoms with van der Waals surface area (Å²) >= 11 is 0. The van der Waals surface area contributed by atoms with E-state index in [1.807, 2.05) is 0 Å². The van der Waals surface area contributed by atoms with Crippen molar-refractivity contribution >= 4 is 21.5 Å². The van der Waals surface area contributed by atoms with Crippen molar-refractivity contribution in [3.63, 3.8) is 0 Å². The summed E-state index contributed by atoms with van der Waals surface area (Å²) in [7, 11) is 0. The van der Waals surface area contributed by atoms with Crippen LogP contribution in [0.4, 0.5) is 0 Å². The summed E-state index contributed by atoms with van der Waals surface area (Å²) in [5.74, 6) is 4.14. The zero-order chi connectivity index (χ0) is 16.3. The zero-order valence-corrected chi connectivity index (χ0v) is 14.2. The monoisotopic (exact) mass is 326 g/mol. The van der Waals surface area contributed by atoms with Gasteiger partial charge in [-0.05, 0) is 99.6 Å². The van der Waals surface area contributed by atoms with Gasteiger partial charge >= 0.3 is 0 Å². The van der Waals surface area contributed by atoms with E-state index in [-0.39, 0.29) is 6.10 Å². The van der Waals surface area contributed by atoms with Crippen molar-refractivity contribution in [2.24, 2.45) is 23.7 Å². The van der Waals surface area contributed by atoms with Gasteiger partial charge in [-0.25, -0.2) is 0 Å². The molecule has 3 aromatic carbocycles. The van der Waals surface area contributed by atoms with Gasteiger partial charge in [0.25, 0.3) is 0 Å². The molecule has 4 aliphatic carbocycles. The van der Waals surface area contributed by atoms with E-state index in [2.05, 4.69) is 48.5 Å². The Morgan fingerprint density at radius 2 is 1.20 bits per heavy atom. The van der Waals surface area contributed by atoms with Crippen LogP contribution in [0.25, 0.3) is 21.5 Å². The number of hydrogen-bond acceptors (Lipinski definition) is 1. The largest absolute Gasteiger partial charge is 0.393 e. The van der Waals surface area contributed by atoms with Crippen LogP contribution in [0.3, 0.4) is 0 Å². The van der Waals surface area contributed by atoms with Gasteiger partial charge in [0.2, 0.25) is 0 Å². The van der Waals surface area contributed by atoms with Crippen LogP contribution in [-0.4, -0.2) is 11.2 Å². The van der Waals surface area contributed by atoms with Crippen molar-refractivity contribution in [1.82, 2.24) is 0 Å². The summed E-state index contributed by atoms with van der Waals surface area (Å²) in [6.07, 6.45) is 3.87. The van der Waals surface area contributed by atoms with Crippen LogP contribution in [-0.2, 0) is 0 Å². The van der Waals surface area contributed by atoms with E-state index >= 15 is 0 Å². The minimum Gasteiger partial charge on any atom is -0.393 e. The number of hydrogen-bond donors (Lipinski definition) is 1. The van der Waals surface area contributed by atoms with E-state index in [1.165, 1.54) is 40.8 Å². The lowest BCUT2D eigenvalue weighted by molar-refractivity contribution is 0.112. The van der Waals surface area contributed by atoms with Gasteiger partial charge in [-0.15, -0.1) is 0 Å². The third-order valence-corrected chi connectivity index (χ3v) is 8.29. The number of fused-ring (bicyclic) bond motifs is 14. The molecule has 7 atom stereocenters. The third-order valence-electron chi connectivity index (χ3n) is 8.29. The molecule has 0 amide bonds. The van der Waals surface area contributed by atoms with Crippen LogP contribution in [0.2, 0.25) is 0 Å². The van der Waals surface area contributed by atoms with Crippen LogP contribution in [0.15, 0.2) is 48.5 Å². The molecule has 0 saturated heterocycles. The van der Waals surface area contributed by atoms with Gasteiger partial charge < -0.3 is 5.11 Å². The molecule has 0 aliphatic heterocycles. The Morgan fingerprint density at radius 1 is 0.680 bits per heavy atom. The van der Waals surface area contributed by atoms with Gasteiger partial charge in [-0.2, -0.15) is 0 Å². The molecule has 0 heterocycles.